The number of ether oxygens (including phenoxy) is 3. The van der Waals surface area contributed by atoms with Crippen LogP contribution in [-0.4, -0.2) is 25.2 Å². The molecule has 0 aliphatic heterocycles. The van der Waals surface area contributed by atoms with Gasteiger partial charge in [-0.1, -0.05) is 35.2 Å². The van der Waals surface area contributed by atoms with Gasteiger partial charge in [0.2, 0.25) is 0 Å². The van der Waals surface area contributed by atoms with Crippen molar-refractivity contribution >= 4 is 15.9 Å². The van der Waals surface area contributed by atoms with Crippen molar-refractivity contribution in [3.05, 3.63) is 18.2 Å². The SMILES string of the molecule is COc1cc(OC)cc(OC2CC(Br)C23CCCCC3)c1. The number of rotatable bonds is 4. The quantitative estimate of drug-likeness (QED) is 0.741. The molecule has 1 spiro atoms. The zero-order chi connectivity index (χ0) is 14.9. The molecule has 2 fully saturated rings. The summed E-state index contributed by atoms with van der Waals surface area (Å²) in [5.74, 6) is 2.40. The maximum Gasteiger partial charge on any atom is 0.127 e. The van der Waals surface area contributed by atoms with Crippen LogP contribution in [0, 0.1) is 5.41 Å². The Balaban J connectivity index is 1.77. The number of methoxy groups -OCH3 is 2. The zero-order valence-corrected chi connectivity index (χ0v) is 14.3. The zero-order valence-electron chi connectivity index (χ0n) is 12.7. The number of benzene rings is 1. The standard InChI is InChI=1S/C17H23BrO3/c1-19-12-8-13(20-2)10-14(9-12)21-16-11-15(18)17(16)6-4-3-5-7-17/h8-10,15-16H,3-7,11H2,1-2H3. The number of alkyl halides is 1. The summed E-state index contributed by atoms with van der Waals surface area (Å²) in [5.41, 5.74) is 0.328. The molecular weight excluding hydrogens is 332 g/mol. The van der Waals surface area contributed by atoms with E-state index in [2.05, 4.69) is 15.9 Å². The van der Waals surface area contributed by atoms with Crippen LogP contribution in [0.1, 0.15) is 38.5 Å². The van der Waals surface area contributed by atoms with E-state index in [4.69, 9.17) is 14.2 Å². The van der Waals surface area contributed by atoms with Gasteiger partial charge < -0.3 is 14.2 Å². The number of halogens is 1. The van der Waals surface area contributed by atoms with Crippen molar-refractivity contribution in [2.24, 2.45) is 5.41 Å². The molecule has 0 heterocycles. The fourth-order valence-corrected chi connectivity index (χ4v) is 4.82. The lowest BCUT2D eigenvalue weighted by atomic mass is 9.58. The van der Waals surface area contributed by atoms with Gasteiger partial charge in [-0.2, -0.15) is 0 Å². The van der Waals surface area contributed by atoms with Gasteiger partial charge in [0.15, 0.2) is 0 Å². The van der Waals surface area contributed by atoms with Gasteiger partial charge in [-0.15, -0.1) is 0 Å². The smallest absolute Gasteiger partial charge is 0.127 e. The Bertz CT molecular complexity index is 475. The minimum Gasteiger partial charge on any atom is -0.496 e. The van der Waals surface area contributed by atoms with Gasteiger partial charge in [-0.05, 0) is 19.3 Å². The Morgan fingerprint density at radius 2 is 1.52 bits per heavy atom. The minimum absolute atomic E-state index is 0.305. The summed E-state index contributed by atoms with van der Waals surface area (Å²) in [6.45, 7) is 0. The fraction of sp³-hybridized carbons (Fsp3) is 0.647. The highest BCUT2D eigenvalue weighted by Crippen LogP contribution is 2.56. The van der Waals surface area contributed by atoms with Crippen molar-refractivity contribution in [1.82, 2.24) is 0 Å². The number of hydrogen-bond acceptors (Lipinski definition) is 3. The van der Waals surface area contributed by atoms with Crippen LogP contribution in [0.4, 0.5) is 0 Å². The monoisotopic (exact) mass is 354 g/mol. The van der Waals surface area contributed by atoms with E-state index in [9.17, 15) is 0 Å². The first-order valence-corrected chi connectivity index (χ1v) is 8.63. The highest BCUT2D eigenvalue weighted by molar-refractivity contribution is 9.09. The van der Waals surface area contributed by atoms with E-state index in [0.29, 0.717) is 16.3 Å². The molecular formula is C17H23BrO3. The van der Waals surface area contributed by atoms with E-state index >= 15 is 0 Å². The average Bonchev–Trinajstić information content (AvgIpc) is 2.55. The average molecular weight is 355 g/mol. The van der Waals surface area contributed by atoms with Crippen LogP contribution in [0.5, 0.6) is 17.2 Å². The first kappa shape index (κ1) is 15.0. The molecule has 3 rings (SSSR count). The van der Waals surface area contributed by atoms with Gasteiger partial charge >= 0.3 is 0 Å². The molecule has 1 aromatic carbocycles. The summed E-state index contributed by atoms with van der Waals surface area (Å²) in [6, 6.07) is 5.76. The normalized spacial score (nSPS) is 27.0. The predicted octanol–water partition coefficient (Wildman–Crippen LogP) is 4.57. The van der Waals surface area contributed by atoms with Gasteiger partial charge in [-0.3, -0.25) is 0 Å². The molecule has 21 heavy (non-hydrogen) atoms. The van der Waals surface area contributed by atoms with Crippen molar-refractivity contribution in [3.8, 4) is 17.2 Å². The maximum atomic E-state index is 6.31. The first-order chi connectivity index (χ1) is 10.2. The van der Waals surface area contributed by atoms with Crippen LogP contribution < -0.4 is 14.2 Å². The van der Waals surface area contributed by atoms with Crippen molar-refractivity contribution < 1.29 is 14.2 Å². The number of hydrogen-bond donors (Lipinski definition) is 0. The summed E-state index contributed by atoms with van der Waals surface area (Å²) < 4.78 is 16.9. The first-order valence-electron chi connectivity index (χ1n) is 7.72. The summed E-state index contributed by atoms with van der Waals surface area (Å²) in [4.78, 5) is 0.600. The molecule has 116 valence electrons. The molecule has 4 heteroatoms. The van der Waals surface area contributed by atoms with E-state index in [1.807, 2.05) is 18.2 Å². The maximum absolute atomic E-state index is 6.31. The van der Waals surface area contributed by atoms with Crippen molar-refractivity contribution in [2.45, 2.75) is 49.5 Å². The van der Waals surface area contributed by atoms with Crippen LogP contribution >= 0.6 is 15.9 Å². The molecule has 3 nitrogen and oxygen atoms in total. The molecule has 0 amide bonds. The lowest BCUT2D eigenvalue weighted by Crippen LogP contribution is -2.57. The molecule has 0 radical (unpaired) electrons. The molecule has 1 aromatic rings. The van der Waals surface area contributed by atoms with Gasteiger partial charge in [-0.25, -0.2) is 0 Å². The Morgan fingerprint density at radius 3 is 2.05 bits per heavy atom. The lowest BCUT2D eigenvalue weighted by Gasteiger charge is -2.55. The van der Waals surface area contributed by atoms with Gasteiger partial charge in [0.25, 0.3) is 0 Å². The van der Waals surface area contributed by atoms with Crippen LogP contribution in [0.15, 0.2) is 18.2 Å². The minimum atomic E-state index is 0.305. The molecule has 2 saturated carbocycles. The Hall–Kier alpha value is -0.900. The van der Waals surface area contributed by atoms with Crippen LogP contribution in [0.2, 0.25) is 0 Å². The highest BCUT2D eigenvalue weighted by atomic mass is 79.9. The van der Waals surface area contributed by atoms with E-state index in [-0.39, 0.29) is 0 Å². The molecule has 2 unspecified atom stereocenters. The summed E-state index contributed by atoms with van der Waals surface area (Å²) in [6.07, 6.45) is 7.94. The molecule has 2 aliphatic carbocycles. The van der Waals surface area contributed by atoms with Crippen LogP contribution in [-0.2, 0) is 0 Å². The Labute approximate surface area is 135 Å². The molecule has 0 aromatic heterocycles. The van der Waals surface area contributed by atoms with Crippen LogP contribution in [0.3, 0.4) is 0 Å². The van der Waals surface area contributed by atoms with Crippen molar-refractivity contribution in [2.75, 3.05) is 14.2 Å². The van der Waals surface area contributed by atoms with Crippen molar-refractivity contribution in [3.63, 3.8) is 0 Å². The summed E-state index contributed by atoms with van der Waals surface area (Å²) in [7, 11) is 3.33. The molecule has 2 atom stereocenters. The molecule has 0 saturated heterocycles. The predicted molar refractivity (Wildman–Crippen MR) is 86.8 cm³/mol. The third-order valence-corrected chi connectivity index (χ3v) is 6.36. The Kier molecular flexibility index (Phi) is 4.34. The summed E-state index contributed by atoms with van der Waals surface area (Å²) in [5, 5.41) is 0. The Morgan fingerprint density at radius 1 is 0.952 bits per heavy atom. The second-order valence-electron chi connectivity index (χ2n) is 6.15. The summed E-state index contributed by atoms with van der Waals surface area (Å²) >= 11 is 3.86. The van der Waals surface area contributed by atoms with E-state index in [0.717, 1.165) is 23.7 Å². The van der Waals surface area contributed by atoms with E-state index in [1.165, 1.54) is 32.1 Å². The second kappa shape index (κ2) is 6.07. The topological polar surface area (TPSA) is 27.7 Å². The van der Waals surface area contributed by atoms with Crippen LogP contribution in [0.25, 0.3) is 0 Å². The lowest BCUT2D eigenvalue weighted by molar-refractivity contribution is -0.0602. The molecule has 0 bridgehead atoms. The molecule has 2 aliphatic rings. The highest BCUT2D eigenvalue weighted by Gasteiger charge is 2.55. The van der Waals surface area contributed by atoms with Gasteiger partial charge in [0, 0.05) is 28.4 Å². The van der Waals surface area contributed by atoms with Gasteiger partial charge in [0.1, 0.15) is 23.4 Å². The van der Waals surface area contributed by atoms with E-state index in [1.54, 1.807) is 14.2 Å². The van der Waals surface area contributed by atoms with Crippen molar-refractivity contribution in [1.29, 1.82) is 0 Å². The van der Waals surface area contributed by atoms with E-state index < -0.39 is 0 Å². The van der Waals surface area contributed by atoms with Gasteiger partial charge in [0.05, 0.1) is 14.2 Å². The largest absolute Gasteiger partial charge is 0.496 e. The third-order valence-electron chi connectivity index (χ3n) is 5.07. The molecule has 0 N–H and O–H groups in total. The third kappa shape index (κ3) is 2.75. The second-order valence-corrected chi connectivity index (χ2v) is 7.26. The fourth-order valence-electron chi connectivity index (χ4n) is 3.72.